The van der Waals surface area contributed by atoms with Crippen molar-refractivity contribution >= 4 is 17.3 Å². The molecular formula is C7H14O3S. The second-order valence-corrected chi connectivity index (χ2v) is 2.75. The lowest BCUT2D eigenvalue weighted by Crippen LogP contribution is -2.22. The fraction of sp³-hybridized carbons (Fsp3) is 0.857. The summed E-state index contributed by atoms with van der Waals surface area (Å²) < 4.78 is 9.93. The molecule has 0 amide bonds. The zero-order chi connectivity index (χ0) is 8.85. The number of rotatable bonds is 4. The normalized spacial score (nSPS) is 15.6. The molecule has 0 aromatic heterocycles. The van der Waals surface area contributed by atoms with Crippen LogP contribution in [-0.4, -0.2) is 36.1 Å². The van der Waals surface area contributed by atoms with E-state index in [1.54, 1.807) is 14.0 Å². The van der Waals surface area contributed by atoms with Crippen LogP contribution in [0.4, 0.5) is 0 Å². The summed E-state index contributed by atoms with van der Waals surface area (Å²) in [6, 6.07) is 0. The van der Waals surface area contributed by atoms with Gasteiger partial charge in [-0.25, -0.2) is 0 Å². The molecule has 3 nitrogen and oxygen atoms in total. The molecule has 0 radical (unpaired) electrons. The highest BCUT2D eigenvalue weighted by Gasteiger charge is 2.07. The number of methoxy groups -OCH3 is 1. The summed E-state index contributed by atoms with van der Waals surface area (Å²) in [6.07, 6.45) is -0.680. The van der Waals surface area contributed by atoms with Gasteiger partial charge in [-0.3, -0.25) is 0 Å². The first kappa shape index (κ1) is 10.8. The Labute approximate surface area is 72.3 Å². The molecule has 0 saturated heterocycles. The van der Waals surface area contributed by atoms with Crippen LogP contribution in [0.1, 0.15) is 13.8 Å². The maximum absolute atomic E-state index is 8.90. The zero-order valence-corrected chi connectivity index (χ0v) is 7.85. The molecule has 66 valence electrons. The lowest BCUT2D eigenvalue weighted by molar-refractivity contribution is 0.0624. The lowest BCUT2D eigenvalue weighted by atomic mass is 10.4. The summed E-state index contributed by atoms with van der Waals surface area (Å²) in [4.78, 5) is 0. The molecule has 0 saturated carbocycles. The lowest BCUT2D eigenvalue weighted by Gasteiger charge is -2.12. The van der Waals surface area contributed by atoms with Crippen molar-refractivity contribution < 1.29 is 14.6 Å². The molecule has 0 aliphatic rings. The van der Waals surface area contributed by atoms with Gasteiger partial charge >= 0.3 is 0 Å². The Kier molecular flexibility index (Phi) is 5.36. The minimum atomic E-state index is -0.686. The van der Waals surface area contributed by atoms with Gasteiger partial charge in [-0.15, -0.1) is 0 Å². The molecule has 0 aliphatic carbocycles. The molecule has 2 atom stereocenters. The Balaban J connectivity index is 3.46. The molecule has 0 rings (SSSR count). The van der Waals surface area contributed by atoms with Crippen LogP contribution in [0.2, 0.25) is 0 Å². The first-order valence-electron chi connectivity index (χ1n) is 3.45. The van der Waals surface area contributed by atoms with Crippen LogP contribution >= 0.6 is 12.2 Å². The molecule has 0 aromatic rings. The third-order valence-electron chi connectivity index (χ3n) is 1.20. The highest BCUT2D eigenvalue weighted by atomic mass is 32.1. The van der Waals surface area contributed by atoms with Crippen molar-refractivity contribution in [2.45, 2.75) is 26.1 Å². The van der Waals surface area contributed by atoms with Crippen LogP contribution in [-0.2, 0) is 9.47 Å². The molecule has 0 aliphatic heterocycles. The van der Waals surface area contributed by atoms with E-state index in [0.29, 0.717) is 6.61 Å². The predicted octanol–water partition coefficient (Wildman–Crippen LogP) is 0.746. The Morgan fingerprint density at radius 3 is 2.45 bits per heavy atom. The first-order valence-corrected chi connectivity index (χ1v) is 3.86. The van der Waals surface area contributed by atoms with Crippen molar-refractivity contribution in [1.29, 1.82) is 0 Å². The summed E-state index contributed by atoms with van der Waals surface area (Å²) in [7, 11) is 1.60. The van der Waals surface area contributed by atoms with Gasteiger partial charge in [0.25, 0.3) is 0 Å². The molecule has 0 fully saturated rings. The highest BCUT2D eigenvalue weighted by Crippen LogP contribution is 1.94. The Hall–Kier alpha value is -0.190. The average Bonchev–Trinajstić information content (AvgIpc) is 1.99. The smallest absolute Gasteiger partial charge is 0.188 e. The molecule has 1 N–H and O–H groups in total. The fourth-order valence-electron chi connectivity index (χ4n) is 0.388. The van der Waals surface area contributed by atoms with E-state index in [0.717, 1.165) is 0 Å². The van der Waals surface area contributed by atoms with Gasteiger partial charge in [-0.1, -0.05) is 0 Å². The molecule has 2 unspecified atom stereocenters. The highest BCUT2D eigenvalue weighted by molar-refractivity contribution is 7.80. The molecular weight excluding hydrogens is 164 g/mol. The van der Waals surface area contributed by atoms with Gasteiger partial charge in [-0.2, -0.15) is 0 Å². The van der Waals surface area contributed by atoms with Gasteiger partial charge in [0.05, 0.1) is 6.10 Å². The Morgan fingerprint density at radius 1 is 1.55 bits per heavy atom. The SMILES string of the molecule is COC(C)COC(=S)C(C)O. The number of hydrogen-bond acceptors (Lipinski definition) is 4. The van der Waals surface area contributed by atoms with Gasteiger partial charge in [0, 0.05) is 7.11 Å². The van der Waals surface area contributed by atoms with Gasteiger partial charge in [-0.05, 0) is 26.1 Å². The largest absolute Gasteiger partial charge is 0.482 e. The predicted molar refractivity (Wildman–Crippen MR) is 46.7 cm³/mol. The van der Waals surface area contributed by atoms with E-state index in [9.17, 15) is 0 Å². The number of thiocarbonyl (C=S) groups is 1. The molecule has 0 aromatic carbocycles. The van der Waals surface area contributed by atoms with Crippen molar-refractivity contribution in [3.63, 3.8) is 0 Å². The number of aliphatic hydroxyl groups is 1. The first-order chi connectivity index (χ1) is 5.07. The topological polar surface area (TPSA) is 38.7 Å². The molecule has 4 heteroatoms. The van der Waals surface area contributed by atoms with Crippen LogP contribution in [0.25, 0.3) is 0 Å². The van der Waals surface area contributed by atoms with Crippen LogP contribution in [0.3, 0.4) is 0 Å². The summed E-state index contributed by atoms with van der Waals surface area (Å²) >= 11 is 4.72. The van der Waals surface area contributed by atoms with Crippen molar-refractivity contribution in [2.75, 3.05) is 13.7 Å². The van der Waals surface area contributed by atoms with Crippen molar-refractivity contribution in [2.24, 2.45) is 0 Å². The van der Waals surface area contributed by atoms with E-state index in [1.807, 2.05) is 6.92 Å². The third kappa shape index (κ3) is 5.12. The quantitative estimate of drug-likeness (QED) is 0.645. The summed E-state index contributed by atoms with van der Waals surface area (Å²) in [5, 5.41) is 9.12. The standard InChI is InChI=1S/C7H14O3S/c1-5(9-3)4-10-7(11)6(2)8/h5-6,8H,4H2,1-3H3. The van der Waals surface area contributed by atoms with Crippen LogP contribution < -0.4 is 0 Å². The van der Waals surface area contributed by atoms with Crippen molar-refractivity contribution in [1.82, 2.24) is 0 Å². The molecule has 0 bridgehead atoms. The Bertz CT molecular complexity index is 125. The summed E-state index contributed by atoms with van der Waals surface area (Å²) in [6.45, 7) is 3.82. The molecule has 0 spiro atoms. The van der Waals surface area contributed by atoms with Crippen molar-refractivity contribution in [3.8, 4) is 0 Å². The van der Waals surface area contributed by atoms with Gasteiger partial charge in [0.15, 0.2) is 5.05 Å². The van der Waals surface area contributed by atoms with E-state index < -0.39 is 6.10 Å². The minimum Gasteiger partial charge on any atom is -0.482 e. The third-order valence-corrected chi connectivity index (χ3v) is 1.66. The summed E-state index contributed by atoms with van der Waals surface area (Å²) in [5.74, 6) is 0. The van der Waals surface area contributed by atoms with E-state index in [4.69, 9.17) is 26.8 Å². The van der Waals surface area contributed by atoms with Crippen LogP contribution in [0.15, 0.2) is 0 Å². The van der Waals surface area contributed by atoms with E-state index >= 15 is 0 Å². The van der Waals surface area contributed by atoms with Crippen LogP contribution in [0, 0.1) is 0 Å². The minimum absolute atomic E-state index is 0.00620. The van der Waals surface area contributed by atoms with Gasteiger partial charge < -0.3 is 14.6 Å². The van der Waals surface area contributed by atoms with Crippen LogP contribution in [0.5, 0.6) is 0 Å². The average molecular weight is 178 g/mol. The maximum Gasteiger partial charge on any atom is 0.188 e. The van der Waals surface area contributed by atoms with E-state index in [2.05, 4.69) is 0 Å². The summed E-state index contributed by atoms with van der Waals surface area (Å²) in [5.41, 5.74) is 0. The van der Waals surface area contributed by atoms with E-state index in [-0.39, 0.29) is 11.2 Å². The second kappa shape index (κ2) is 5.46. The second-order valence-electron chi connectivity index (χ2n) is 2.35. The zero-order valence-electron chi connectivity index (χ0n) is 7.03. The molecule has 0 heterocycles. The fourth-order valence-corrected chi connectivity index (χ4v) is 0.456. The van der Waals surface area contributed by atoms with E-state index in [1.165, 1.54) is 0 Å². The number of aliphatic hydroxyl groups excluding tert-OH is 1. The van der Waals surface area contributed by atoms with Gasteiger partial charge in [0.1, 0.15) is 12.7 Å². The van der Waals surface area contributed by atoms with Crippen molar-refractivity contribution in [3.05, 3.63) is 0 Å². The molecule has 11 heavy (non-hydrogen) atoms. The maximum atomic E-state index is 8.90. The number of ether oxygens (including phenoxy) is 2. The monoisotopic (exact) mass is 178 g/mol. The Morgan fingerprint density at radius 2 is 2.09 bits per heavy atom. The van der Waals surface area contributed by atoms with Gasteiger partial charge in [0.2, 0.25) is 0 Å². The number of hydrogen-bond donors (Lipinski definition) is 1.